The molecule has 4 nitrogen and oxygen atoms in total. The number of fused-ring (bicyclic) bond motifs is 9. The van der Waals surface area contributed by atoms with Gasteiger partial charge in [0.05, 0.1) is 16.8 Å². The molecular formula is C43H27N3OS. The molecule has 0 atom stereocenters. The molecule has 0 aliphatic rings. The van der Waals surface area contributed by atoms with Gasteiger partial charge in [0.15, 0.2) is 0 Å². The first-order valence-electron chi connectivity index (χ1n) is 16.1. The Bertz CT molecular complexity index is 2900. The fourth-order valence-electron chi connectivity index (χ4n) is 7.32. The SMILES string of the molecule is Cc1ccccc1-c1c(Nc2nc(-c3cccc4ccccc34)c3c(n2)oc2ccccc23)c2c3ccccc3sc2c2ccccc12. The van der Waals surface area contributed by atoms with Crippen LogP contribution in [0.2, 0.25) is 0 Å². The van der Waals surface area contributed by atoms with Gasteiger partial charge in [0.2, 0.25) is 11.7 Å². The number of furan rings is 1. The molecule has 0 saturated carbocycles. The van der Waals surface area contributed by atoms with Gasteiger partial charge in [0, 0.05) is 42.1 Å². The average molecular weight is 634 g/mol. The second-order valence-electron chi connectivity index (χ2n) is 12.2. The minimum atomic E-state index is 0.492. The molecule has 0 fully saturated rings. The molecule has 0 spiro atoms. The molecule has 3 aromatic heterocycles. The number of anilines is 2. The number of benzene rings is 7. The van der Waals surface area contributed by atoms with Crippen molar-refractivity contribution in [3.05, 3.63) is 145 Å². The Labute approximate surface area is 279 Å². The molecule has 226 valence electrons. The molecular weight excluding hydrogens is 607 g/mol. The molecule has 0 unspecified atom stereocenters. The summed E-state index contributed by atoms with van der Waals surface area (Å²) in [5.41, 5.74) is 7.74. The summed E-state index contributed by atoms with van der Waals surface area (Å²) in [6.45, 7) is 2.18. The van der Waals surface area contributed by atoms with E-state index >= 15 is 0 Å². The van der Waals surface area contributed by atoms with Gasteiger partial charge in [-0.15, -0.1) is 11.3 Å². The Hall–Kier alpha value is -6.04. The van der Waals surface area contributed by atoms with Crippen molar-refractivity contribution in [2.45, 2.75) is 6.92 Å². The standard InChI is InChI=1S/C43H27N3OS/c1-25-13-2-4-16-27(25)36-29-18-6-7-19-31(29)41-37(33-21-9-11-24-35(33)48-41)40(36)45-43-44-39(30-22-12-15-26-14-3-5-17-28(26)30)38-32-20-8-10-23-34(32)47-42(38)46-43/h2-24H,1H3,(H,44,45,46). The third kappa shape index (κ3) is 4.01. The molecule has 48 heavy (non-hydrogen) atoms. The van der Waals surface area contributed by atoms with E-state index in [1.165, 1.54) is 42.1 Å². The van der Waals surface area contributed by atoms with Gasteiger partial charge in [0.25, 0.3) is 0 Å². The molecule has 0 saturated heterocycles. The van der Waals surface area contributed by atoms with Crippen molar-refractivity contribution in [3.8, 4) is 22.4 Å². The molecule has 0 bridgehead atoms. The van der Waals surface area contributed by atoms with Gasteiger partial charge in [-0.25, -0.2) is 4.98 Å². The minimum Gasteiger partial charge on any atom is -0.437 e. The lowest BCUT2D eigenvalue weighted by molar-refractivity contribution is 0.654. The molecule has 0 amide bonds. The Morgan fingerprint density at radius 2 is 1.23 bits per heavy atom. The fourth-order valence-corrected chi connectivity index (χ4v) is 8.57. The lowest BCUT2D eigenvalue weighted by Gasteiger charge is -2.19. The molecule has 0 aliphatic carbocycles. The molecule has 10 rings (SSSR count). The summed E-state index contributed by atoms with van der Waals surface area (Å²) in [6.07, 6.45) is 0. The highest BCUT2D eigenvalue weighted by atomic mass is 32.1. The van der Waals surface area contributed by atoms with E-state index in [0.29, 0.717) is 11.7 Å². The quantitative estimate of drug-likeness (QED) is 0.209. The largest absolute Gasteiger partial charge is 0.437 e. The summed E-state index contributed by atoms with van der Waals surface area (Å²) in [6, 6.07) is 49.0. The van der Waals surface area contributed by atoms with Crippen LogP contribution in [0.4, 0.5) is 11.6 Å². The number of nitrogens with zero attached hydrogens (tertiary/aromatic N) is 2. The van der Waals surface area contributed by atoms with E-state index in [0.717, 1.165) is 49.6 Å². The first kappa shape index (κ1) is 27.1. The Kier molecular flexibility index (Phi) is 5.92. The number of para-hydroxylation sites is 1. The van der Waals surface area contributed by atoms with Crippen molar-refractivity contribution in [1.82, 2.24) is 9.97 Å². The third-order valence-electron chi connectivity index (χ3n) is 9.47. The smallest absolute Gasteiger partial charge is 0.232 e. The summed E-state index contributed by atoms with van der Waals surface area (Å²) < 4.78 is 8.95. The monoisotopic (exact) mass is 633 g/mol. The summed E-state index contributed by atoms with van der Waals surface area (Å²) in [5, 5.41) is 12.8. The highest BCUT2D eigenvalue weighted by Gasteiger charge is 2.24. The van der Waals surface area contributed by atoms with Crippen LogP contribution in [0.3, 0.4) is 0 Å². The number of nitrogens with one attached hydrogen (secondary N) is 1. The van der Waals surface area contributed by atoms with Crippen molar-refractivity contribution in [2.75, 3.05) is 5.32 Å². The summed E-state index contributed by atoms with van der Waals surface area (Å²) in [7, 11) is 0. The predicted octanol–water partition coefficient (Wildman–Crippen LogP) is 12.4. The van der Waals surface area contributed by atoms with Crippen molar-refractivity contribution in [1.29, 1.82) is 0 Å². The number of aryl methyl sites for hydroxylation is 1. The Morgan fingerprint density at radius 3 is 2.10 bits per heavy atom. The second-order valence-corrected chi connectivity index (χ2v) is 13.3. The van der Waals surface area contributed by atoms with Gasteiger partial charge in [-0.2, -0.15) is 4.98 Å². The summed E-state index contributed by atoms with van der Waals surface area (Å²) in [5.74, 6) is 0.492. The topological polar surface area (TPSA) is 51.0 Å². The number of thiophene rings is 1. The second kappa shape index (κ2) is 10.5. The molecule has 0 radical (unpaired) electrons. The van der Waals surface area contributed by atoms with E-state index in [-0.39, 0.29) is 0 Å². The number of aromatic nitrogens is 2. The van der Waals surface area contributed by atoms with Gasteiger partial charge in [0.1, 0.15) is 5.58 Å². The molecule has 1 N–H and O–H groups in total. The maximum Gasteiger partial charge on any atom is 0.232 e. The van der Waals surface area contributed by atoms with Gasteiger partial charge in [-0.3, -0.25) is 0 Å². The highest BCUT2D eigenvalue weighted by molar-refractivity contribution is 7.26. The van der Waals surface area contributed by atoms with Crippen LogP contribution >= 0.6 is 11.3 Å². The molecule has 3 heterocycles. The fraction of sp³-hybridized carbons (Fsp3) is 0.0233. The zero-order chi connectivity index (χ0) is 31.8. The van der Waals surface area contributed by atoms with Crippen LogP contribution in [0.1, 0.15) is 5.56 Å². The van der Waals surface area contributed by atoms with E-state index in [1.807, 2.05) is 29.5 Å². The predicted molar refractivity (Wildman–Crippen MR) is 203 cm³/mol. The van der Waals surface area contributed by atoms with Crippen LogP contribution in [-0.2, 0) is 0 Å². The summed E-state index contributed by atoms with van der Waals surface area (Å²) >= 11 is 1.83. The van der Waals surface area contributed by atoms with Crippen LogP contribution in [0.25, 0.3) is 86.2 Å². The third-order valence-corrected chi connectivity index (χ3v) is 10.7. The number of hydrogen-bond donors (Lipinski definition) is 1. The van der Waals surface area contributed by atoms with E-state index < -0.39 is 0 Å². The van der Waals surface area contributed by atoms with Crippen molar-refractivity contribution in [3.63, 3.8) is 0 Å². The van der Waals surface area contributed by atoms with Crippen LogP contribution in [0, 0.1) is 6.92 Å². The normalized spacial score (nSPS) is 11.9. The number of hydrogen-bond acceptors (Lipinski definition) is 5. The number of rotatable bonds is 4. The maximum atomic E-state index is 6.46. The van der Waals surface area contributed by atoms with Crippen molar-refractivity contribution < 1.29 is 4.42 Å². The highest BCUT2D eigenvalue weighted by Crippen LogP contribution is 2.50. The maximum absolute atomic E-state index is 6.46. The zero-order valence-corrected chi connectivity index (χ0v) is 26.8. The van der Waals surface area contributed by atoms with Gasteiger partial charge in [-0.1, -0.05) is 127 Å². The van der Waals surface area contributed by atoms with E-state index in [9.17, 15) is 0 Å². The van der Waals surface area contributed by atoms with Gasteiger partial charge < -0.3 is 9.73 Å². The Balaban J connectivity index is 1.33. The van der Waals surface area contributed by atoms with Crippen LogP contribution < -0.4 is 5.32 Å². The minimum absolute atomic E-state index is 0.492. The molecule has 10 aromatic rings. The molecule has 0 aliphatic heterocycles. The molecule has 7 aromatic carbocycles. The van der Waals surface area contributed by atoms with Gasteiger partial charge >= 0.3 is 0 Å². The Morgan fingerprint density at radius 1 is 0.562 bits per heavy atom. The lowest BCUT2D eigenvalue weighted by Crippen LogP contribution is -2.02. The van der Waals surface area contributed by atoms with Crippen LogP contribution in [-0.4, -0.2) is 9.97 Å². The van der Waals surface area contributed by atoms with E-state index in [4.69, 9.17) is 14.4 Å². The van der Waals surface area contributed by atoms with Gasteiger partial charge in [-0.05, 0) is 46.3 Å². The summed E-state index contributed by atoms with van der Waals surface area (Å²) in [4.78, 5) is 10.5. The van der Waals surface area contributed by atoms with Crippen molar-refractivity contribution >= 4 is 86.8 Å². The lowest BCUT2D eigenvalue weighted by atomic mass is 9.91. The van der Waals surface area contributed by atoms with Crippen molar-refractivity contribution in [2.24, 2.45) is 0 Å². The zero-order valence-electron chi connectivity index (χ0n) is 26.0. The van der Waals surface area contributed by atoms with E-state index in [2.05, 4.69) is 134 Å². The van der Waals surface area contributed by atoms with E-state index in [1.54, 1.807) is 0 Å². The first-order chi connectivity index (χ1) is 23.7. The van der Waals surface area contributed by atoms with Crippen LogP contribution in [0.5, 0.6) is 0 Å². The van der Waals surface area contributed by atoms with Crippen LogP contribution in [0.15, 0.2) is 144 Å². The first-order valence-corrected chi connectivity index (χ1v) is 16.9. The molecule has 5 heteroatoms. The average Bonchev–Trinajstić information content (AvgIpc) is 3.71.